The third-order valence-corrected chi connectivity index (χ3v) is 4.30. The van der Waals surface area contributed by atoms with Gasteiger partial charge in [0.05, 0.1) is 12.9 Å². The Hall–Kier alpha value is -2.88. The van der Waals surface area contributed by atoms with Crippen molar-refractivity contribution in [2.24, 2.45) is 0 Å². The molecule has 0 bridgehead atoms. The zero-order chi connectivity index (χ0) is 22.1. The summed E-state index contributed by atoms with van der Waals surface area (Å²) in [5.41, 5.74) is 0.408. The van der Waals surface area contributed by atoms with Gasteiger partial charge in [0, 0.05) is 13.5 Å². The van der Waals surface area contributed by atoms with E-state index in [1.807, 2.05) is 0 Å². The van der Waals surface area contributed by atoms with Crippen LogP contribution in [0.4, 0.5) is 14.6 Å². The quantitative estimate of drug-likeness (QED) is 0.437. The summed E-state index contributed by atoms with van der Waals surface area (Å²) in [6, 6.07) is 0. The highest BCUT2D eigenvalue weighted by Crippen LogP contribution is 2.35. The van der Waals surface area contributed by atoms with E-state index in [9.17, 15) is 18.7 Å². The van der Waals surface area contributed by atoms with Gasteiger partial charge in [0.2, 0.25) is 11.7 Å². The largest absolute Gasteiger partial charge is 0.366 e. The summed E-state index contributed by atoms with van der Waals surface area (Å²) in [5, 5.41) is 15.1. The monoisotopic (exact) mass is 424 g/mol. The Kier molecular flexibility index (Phi) is 6.16. The molecule has 30 heavy (non-hydrogen) atoms. The molecule has 3 atom stereocenters. The number of aromatic nitrogens is 4. The van der Waals surface area contributed by atoms with E-state index in [1.54, 1.807) is 0 Å². The molecule has 0 radical (unpaired) electrons. The number of hydrogen-bond donors (Lipinski definition) is 3. The molecule has 3 heterocycles. The number of likely N-dealkylation sites (N-methyl/N-ethyl adjacent to an activating group) is 1. The lowest BCUT2D eigenvalue weighted by atomic mass is 10.1. The normalized spacial score (nSPS) is 21.7. The van der Waals surface area contributed by atoms with Crippen molar-refractivity contribution in [1.82, 2.24) is 24.8 Å². The molecule has 1 saturated heterocycles. The molecule has 0 unspecified atom stereocenters. The van der Waals surface area contributed by atoms with Crippen molar-refractivity contribution in [2.45, 2.75) is 50.9 Å². The highest BCUT2D eigenvalue weighted by molar-refractivity contribution is 5.84. The lowest BCUT2D eigenvalue weighted by Gasteiger charge is -2.27. The van der Waals surface area contributed by atoms with Crippen molar-refractivity contribution in [2.75, 3.05) is 18.9 Å². The third kappa shape index (κ3) is 4.64. The second kappa shape index (κ2) is 8.47. The number of nitrogens with zero attached hydrogens (tertiary/aromatic N) is 4. The Labute approximate surface area is 171 Å². The van der Waals surface area contributed by atoms with Crippen molar-refractivity contribution in [3.63, 3.8) is 0 Å². The van der Waals surface area contributed by atoms with Gasteiger partial charge in [-0.2, -0.15) is 0 Å². The molecule has 2 aromatic rings. The molecular formula is C18H22F2N6O4. The van der Waals surface area contributed by atoms with Crippen LogP contribution in [-0.2, 0) is 14.3 Å². The zero-order valence-electron chi connectivity index (χ0n) is 16.6. The van der Waals surface area contributed by atoms with Crippen molar-refractivity contribution in [3.8, 4) is 12.3 Å². The summed E-state index contributed by atoms with van der Waals surface area (Å²) in [4.78, 5) is 24.6. The van der Waals surface area contributed by atoms with Crippen LogP contribution in [0.3, 0.4) is 0 Å². The van der Waals surface area contributed by atoms with Crippen LogP contribution in [0.5, 0.6) is 0 Å². The third-order valence-electron chi connectivity index (χ3n) is 4.30. The lowest BCUT2D eigenvalue weighted by Crippen LogP contribution is -2.34. The van der Waals surface area contributed by atoms with E-state index in [4.69, 9.17) is 15.9 Å². The average Bonchev–Trinajstić information content (AvgIpc) is 3.27. The number of amides is 1. The summed E-state index contributed by atoms with van der Waals surface area (Å²) in [6.07, 6.45) is 1.88. The summed E-state index contributed by atoms with van der Waals surface area (Å²) in [5.74, 6) is 0.428. The van der Waals surface area contributed by atoms with E-state index < -0.39 is 37.2 Å². The Balaban J connectivity index is 2.03. The Morgan fingerprint density at radius 3 is 2.87 bits per heavy atom. The van der Waals surface area contributed by atoms with Crippen LogP contribution in [-0.4, -0.2) is 68.5 Å². The molecule has 1 fully saturated rings. The minimum atomic E-state index is -2.61. The maximum Gasteiger partial charge on any atom is 0.255 e. The first-order valence-corrected chi connectivity index (χ1v) is 9.13. The number of hydrogen-bond acceptors (Lipinski definition) is 8. The van der Waals surface area contributed by atoms with Crippen molar-refractivity contribution >= 4 is 22.9 Å². The number of rotatable bonds is 7. The van der Waals surface area contributed by atoms with E-state index in [0.717, 1.165) is 0 Å². The molecule has 0 saturated carbocycles. The Bertz CT molecular complexity index is 968. The number of anilines is 1. The first kappa shape index (κ1) is 21.8. The number of ether oxygens (including phenoxy) is 2. The highest BCUT2D eigenvalue weighted by atomic mass is 19.3. The van der Waals surface area contributed by atoms with E-state index in [-0.39, 0.29) is 35.1 Å². The standard InChI is InChI=1S/C18H22F2N6O4/c1-5-12-24-14(22-7-11(19)20)13-15(25-12)26(8-23-13)17-10(30-18(2,3)28)6-9(29-17)16(27)21-4/h1,8-11,17,28H,6-7H2,2-4H3,(H,21,27)(H,22,24,25)/t9-,10+,17+/m0/s1. The van der Waals surface area contributed by atoms with Crippen molar-refractivity contribution in [3.05, 3.63) is 12.2 Å². The molecule has 1 amide bonds. The number of halogens is 2. The average molecular weight is 424 g/mol. The fourth-order valence-corrected chi connectivity index (χ4v) is 3.15. The van der Waals surface area contributed by atoms with Crippen LogP contribution < -0.4 is 10.6 Å². The first-order valence-electron chi connectivity index (χ1n) is 9.13. The number of terminal acetylenes is 1. The molecule has 1 aliphatic heterocycles. The number of aliphatic hydroxyl groups is 1. The van der Waals surface area contributed by atoms with E-state index in [0.29, 0.717) is 0 Å². The van der Waals surface area contributed by atoms with Gasteiger partial charge in [-0.25, -0.2) is 23.7 Å². The van der Waals surface area contributed by atoms with E-state index in [1.165, 1.54) is 31.8 Å². The van der Waals surface area contributed by atoms with Gasteiger partial charge in [-0.15, -0.1) is 6.42 Å². The van der Waals surface area contributed by atoms with Crippen LogP contribution in [0, 0.1) is 12.3 Å². The zero-order valence-corrected chi connectivity index (χ0v) is 16.6. The van der Waals surface area contributed by atoms with Gasteiger partial charge in [0.25, 0.3) is 6.43 Å². The topological polar surface area (TPSA) is 123 Å². The number of alkyl halides is 2. The second-order valence-electron chi connectivity index (χ2n) is 7.10. The summed E-state index contributed by atoms with van der Waals surface area (Å²) in [7, 11) is 1.48. The van der Waals surface area contributed by atoms with Crippen LogP contribution in [0.15, 0.2) is 6.33 Å². The molecule has 0 aliphatic carbocycles. The molecule has 3 N–H and O–H groups in total. The minimum absolute atomic E-state index is 0.0400. The van der Waals surface area contributed by atoms with E-state index in [2.05, 4.69) is 31.5 Å². The highest BCUT2D eigenvalue weighted by Gasteiger charge is 2.43. The van der Waals surface area contributed by atoms with E-state index >= 15 is 0 Å². The number of fused-ring (bicyclic) bond motifs is 1. The van der Waals surface area contributed by atoms with Gasteiger partial charge in [0.15, 0.2) is 29.0 Å². The Morgan fingerprint density at radius 1 is 1.53 bits per heavy atom. The SMILES string of the molecule is C#Cc1nc(NCC(F)F)c2ncn([C@@H]3O[C@H](C(=O)NC)C[C@H]3OC(C)(C)O)c2n1. The van der Waals surface area contributed by atoms with Gasteiger partial charge in [-0.05, 0) is 19.8 Å². The van der Waals surface area contributed by atoms with Crippen LogP contribution in [0.1, 0.15) is 32.3 Å². The predicted octanol–water partition coefficient (Wildman–Crippen LogP) is 0.632. The number of carbonyl (C=O) groups excluding carboxylic acids is 1. The summed E-state index contributed by atoms with van der Waals surface area (Å²) >= 11 is 0. The molecule has 0 aromatic carbocycles. The van der Waals surface area contributed by atoms with Crippen molar-refractivity contribution in [1.29, 1.82) is 0 Å². The fraction of sp³-hybridized carbons (Fsp3) is 0.556. The second-order valence-corrected chi connectivity index (χ2v) is 7.10. The van der Waals surface area contributed by atoms with Gasteiger partial charge in [-0.1, -0.05) is 0 Å². The summed E-state index contributed by atoms with van der Waals surface area (Å²) in [6.45, 7) is 2.26. The maximum absolute atomic E-state index is 12.6. The number of carbonyl (C=O) groups is 1. The van der Waals surface area contributed by atoms with Gasteiger partial charge in [0.1, 0.15) is 12.2 Å². The molecule has 3 rings (SSSR count). The number of imidazole rings is 1. The fourth-order valence-electron chi connectivity index (χ4n) is 3.15. The molecule has 12 heteroatoms. The summed E-state index contributed by atoms with van der Waals surface area (Å²) < 4.78 is 38.3. The molecule has 0 spiro atoms. The lowest BCUT2D eigenvalue weighted by molar-refractivity contribution is -0.222. The van der Waals surface area contributed by atoms with Gasteiger partial charge in [-0.3, -0.25) is 9.36 Å². The van der Waals surface area contributed by atoms with Crippen LogP contribution in [0.25, 0.3) is 11.2 Å². The molecular weight excluding hydrogens is 402 g/mol. The molecule has 2 aromatic heterocycles. The van der Waals surface area contributed by atoms with Crippen molar-refractivity contribution < 1.29 is 28.2 Å². The Morgan fingerprint density at radius 2 is 2.27 bits per heavy atom. The molecule has 10 nitrogen and oxygen atoms in total. The number of nitrogens with one attached hydrogen (secondary N) is 2. The van der Waals surface area contributed by atoms with Gasteiger partial charge >= 0.3 is 0 Å². The minimum Gasteiger partial charge on any atom is -0.366 e. The van der Waals surface area contributed by atoms with Gasteiger partial charge < -0.3 is 25.2 Å². The van der Waals surface area contributed by atoms with Crippen LogP contribution in [0.2, 0.25) is 0 Å². The predicted molar refractivity (Wildman–Crippen MR) is 102 cm³/mol. The first-order chi connectivity index (χ1) is 14.1. The smallest absolute Gasteiger partial charge is 0.255 e. The molecule has 1 aliphatic rings. The van der Waals surface area contributed by atoms with Crippen LogP contribution >= 0.6 is 0 Å². The molecule has 162 valence electrons. The maximum atomic E-state index is 12.6.